The second-order valence-electron chi connectivity index (χ2n) is 5.48. The quantitative estimate of drug-likeness (QED) is 0.772. The average molecular weight is 366 g/mol. The van der Waals surface area contributed by atoms with E-state index in [4.69, 9.17) is 27.9 Å². The molecule has 7 heteroatoms. The molecule has 1 aromatic heterocycles. The monoisotopic (exact) mass is 365 g/mol. The minimum absolute atomic E-state index is 0.0224. The lowest BCUT2D eigenvalue weighted by Gasteiger charge is -2.09. The first-order valence-corrected chi connectivity index (χ1v) is 8.43. The highest BCUT2D eigenvalue weighted by atomic mass is 35.5. The zero-order valence-corrected chi connectivity index (χ0v) is 14.5. The van der Waals surface area contributed by atoms with Crippen molar-refractivity contribution >= 4 is 34.9 Å². The highest BCUT2D eigenvalue weighted by Gasteiger charge is 2.13. The zero-order chi connectivity index (χ0) is 16.9. The summed E-state index contributed by atoms with van der Waals surface area (Å²) < 4.78 is 5.46. The number of fused-ring (bicyclic) bond motifs is 1. The maximum atomic E-state index is 12.0. The van der Waals surface area contributed by atoms with Gasteiger partial charge in [-0.15, -0.1) is 0 Å². The largest absolute Gasteiger partial charge is 0.493 e. The summed E-state index contributed by atoms with van der Waals surface area (Å²) in [5.41, 5.74) is 2.16. The SMILES string of the molecule is O=C(Cc1ccc2c(c1)CCO2)NCCNc1ncc(Cl)cc1Cl. The Kier molecular flexibility index (Phi) is 5.43. The van der Waals surface area contributed by atoms with Crippen LogP contribution in [0.3, 0.4) is 0 Å². The normalized spacial score (nSPS) is 12.4. The molecule has 0 saturated heterocycles. The van der Waals surface area contributed by atoms with E-state index in [2.05, 4.69) is 15.6 Å². The molecule has 0 fully saturated rings. The van der Waals surface area contributed by atoms with Gasteiger partial charge in [-0.25, -0.2) is 4.98 Å². The summed E-state index contributed by atoms with van der Waals surface area (Å²) in [7, 11) is 0. The summed E-state index contributed by atoms with van der Waals surface area (Å²) in [5.74, 6) is 1.45. The number of benzene rings is 1. The number of hydrogen-bond acceptors (Lipinski definition) is 4. The Morgan fingerprint density at radius 3 is 2.96 bits per heavy atom. The van der Waals surface area contributed by atoms with Crippen molar-refractivity contribution in [3.63, 3.8) is 0 Å². The lowest BCUT2D eigenvalue weighted by molar-refractivity contribution is -0.120. The van der Waals surface area contributed by atoms with E-state index in [-0.39, 0.29) is 5.91 Å². The molecule has 126 valence electrons. The van der Waals surface area contributed by atoms with Crippen LogP contribution in [0.15, 0.2) is 30.5 Å². The van der Waals surface area contributed by atoms with Crippen LogP contribution in [0.5, 0.6) is 5.75 Å². The lowest BCUT2D eigenvalue weighted by Crippen LogP contribution is -2.30. The molecule has 0 atom stereocenters. The molecule has 0 spiro atoms. The Bertz CT molecular complexity index is 753. The van der Waals surface area contributed by atoms with Gasteiger partial charge >= 0.3 is 0 Å². The number of pyridine rings is 1. The van der Waals surface area contributed by atoms with Gasteiger partial charge in [0.05, 0.1) is 23.1 Å². The summed E-state index contributed by atoms with van der Waals surface area (Å²) in [6.07, 6.45) is 2.78. The van der Waals surface area contributed by atoms with Crippen molar-refractivity contribution in [3.05, 3.63) is 51.6 Å². The van der Waals surface area contributed by atoms with Crippen LogP contribution in [-0.2, 0) is 17.6 Å². The predicted octanol–water partition coefficient (Wildman–Crippen LogP) is 3.09. The second-order valence-corrected chi connectivity index (χ2v) is 6.32. The molecule has 1 aromatic carbocycles. The third-order valence-electron chi connectivity index (χ3n) is 3.67. The molecule has 1 aliphatic heterocycles. The molecule has 1 aliphatic rings. The molecule has 0 radical (unpaired) electrons. The highest BCUT2D eigenvalue weighted by molar-refractivity contribution is 6.35. The Labute approximate surface area is 150 Å². The van der Waals surface area contributed by atoms with Crippen molar-refractivity contribution < 1.29 is 9.53 Å². The van der Waals surface area contributed by atoms with Crippen LogP contribution in [-0.4, -0.2) is 30.6 Å². The molecular weight excluding hydrogens is 349 g/mol. The van der Waals surface area contributed by atoms with Gasteiger partial charge in [0.15, 0.2) is 0 Å². The van der Waals surface area contributed by atoms with E-state index < -0.39 is 0 Å². The number of aromatic nitrogens is 1. The van der Waals surface area contributed by atoms with E-state index in [1.54, 1.807) is 6.07 Å². The van der Waals surface area contributed by atoms with Crippen molar-refractivity contribution in [2.45, 2.75) is 12.8 Å². The summed E-state index contributed by atoms with van der Waals surface area (Å²) >= 11 is 11.8. The van der Waals surface area contributed by atoms with Crippen LogP contribution < -0.4 is 15.4 Å². The summed E-state index contributed by atoms with van der Waals surface area (Å²) in [4.78, 5) is 16.1. The van der Waals surface area contributed by atoms with Gasteiger partial charge in [-0.1, -0.05) is 35.3 Å². The van der Waals surface area contributed by atoms with E-state index in [0.29, 0.717) is 35.4 Å². The molecule has 2 N–H and O–H groups in total. The number of carbonyl (C=O) groups is 1. The number of nitrogens with zero attached hydrogens (tertiary/aromatic N) is 1. The van der Waals surface area contributed by atoms with Crippen LogP contribution in [0, 0.1) is 0 Å². The molecule has 5 nitrogen and oxygen atoms in total. The van der Waals surface area contributed by atoms with Gasteiger partial charge in [0.1, 0.15) is 11.6 Å². The summed E-state index contributed by atoms with van der Waals surface area (Å²) in [5, 5.41) is 6.87. The van der Waals surface area contributed by atoms with E-state index >= 15 is 0 Å². The maximum absolute atomic E-state index is 12.0. The Morgan fingerprint density at radius 1 is 1.25 bits per heavy atom. The van der Waals surface area contributed by atoms with Gasteiger partial charge in [-0.2, -0.15) is 0 Å². The van der Waals surface area contributed by atoms with Gasteiger partial charge in [0, 0.05) is 25.7 Å². The first-order valence-electron chi connectivity index (χ1n) is 7.68. The second kappa shape index (κ2) is 7.73. The Hall–Kier alpha value is -1.98. The minimum Gasteiger partial charge on any atom is -0.493 e. The molecule has 2 aromatic rings. The van der Waals surface area contributed by atoms with Crippen molar-refractivity contribution in [3.8, 4) is 5.75 Å². The predicted molar refractivity (Wildman–Crippen MR) is 95.1 cm³/mol. The van der Waals surface area contributed by atoms with E-state index in [1.807, 2.05) is 18.2 Å². The molecule has 0 bridgehead atoms. The number of carbonyl (C=O) groups excluding carboxylic acids is 1. The Balaban J connectivity index is 1.42. The average Bonchev–Trinajstić information content (AvgIpc) is 3.01. The number of anilines is 1. The molecule has 1 amide bonds. The van der Waals surface area contributed by atoms with E-state index in [9.17, 15) is 4.79 Å². The van der Waals surface area contributed by atoms with Crippen LogP contribution in [0.1, 0.15) is 11.1 Å². The number of ether oxygens (including phenoxy) is 1. The van der Waals surface area contributed by atoms with E-state index in [1.165, 1.54) is 11.8 Å². The fourth-order valence-corrected chi connectivity index (χ4v) is 2.97. The number of rotatable bonds is 6. The minimum atomic E-state index is -0.0224. The van der Waals surface area contributed by atoms with Gasteiger partial charge in [-0.05, 0) is 23.3 Å². The summed E-state index contributed by atoms with van der Waals surface area (Å²) in [6.45, 7) is 1.73. The van der Waals surface area contributed by atoms with Crippen LogP contribution in [0.2, 0.25) is 10.0 Å². The smallest absolute Gasteiger partial charge is 0.224 e. The molecular formula is C17H17Cl2N3O2. The number of nitrogens with one attached hydrogen (secondary N) is 2. The fourth-order valence-electron chi connectivity index (χ4n) is 2.53. The van der Waals surface area contributed by atoms with Gasteiger partial charge in [0.2, 0.25) is 5.91 Å². The highest BCUT2D eigenvalue weighted by Crippen LogP contribution is 2.26. The molecule has 0 saturated carbocycles. The first-order chi connectivity index (χ1) is 11.6. The lowest BCUT2D eigenvalue weighted by atomic mass is 10.1. The number of hydrogen-bond donors (Lipinski definition) is 2. The number of amides is 1. The number of halogens is 2. The van der Waals surface area contributed by atoms with Crippen molar-refractivity contribution in [2.24, 2.45) is 0 Å². The maximum Gasteiger partial charge on any atom is 0.224 e. The third kappa shape index (κ3) is 4.30. The fraction of sp³-hybridized carbons (Fsp3) is 0.294. The van der Waals surface area contributed by atoms with Crippen LogP contribution in [0.25, 0.3) is 0 Å². The van der Waals surface area contributed by atoms with Crippen molar-refractivity contribution in [1.82, 2.24) is 10.3 Å². The van der Waals surface area contributed by atoms with Gasteiger partial charge < -0.3 is 15.4 Å². The van der Waals surface area contributed by atoms with Crippen LogP contribution in [0.4, 0.5) is 5.82 Å². The van der Waals surface area contributed by atoms with Gasteiger partial charge in [-0.3, -0.25) is 4.79 Å². The standard InChI is InChI=1S/C17H17Cl2N3O2/c18-13-9-14(19)17(22-10-13)21-5-4-20-16(23)8-11-1-2-15-12(7-11)3-6-24-15/h1-2,7,9-10H,3-6,8H2,(H,20,23)(H,21,22). The molecule has 2 heterocycles. The van der Waals surface area contributed by atoms with Crippen molar-refractivity contribution in [2.75, 3.05) is 25.0 Å². The molecule has 24 heavy (non-hydrogen) atoms. The van der Waals surface area contributed by atoms with Gasteiger partial charge in [0.25, 0.3) is 0 Å². The zero-order valence-electron chi connectivity index (χ0n) is 12.9. The molecule has 0 unspecified atom stereocenters. The van der Waals surface area contributed by atoms with Crippen molar-refractivity contribution in [1.29, 1.82) is 0 Å². The third-order valence-corrected chi connectivity index (χ3v) is 4.16. The topological polar surface area (TPSA) is 63.2 Å². The summed E-state index contributed by atoms with van der Waals surface area (Å²) in [6, 6.07) is 7.52. The molecule has 0 aliphatic carbocycles. The molecule has 3 rings (SSSR count). The first kappa shape index (κ1) is 16.9. The van der Waals surface area contributed by atoms with Crippen LogP contribution >= 0.6 is 23.2 Å². The van der Waals surface area contributed by atoms with E-state index in [0.717, 1.165) is 24.3 Å². The Morgan fingerprint density at radius 2 is 2.12 bits per heavy atom.